The molecule has 0 heterocycles. The van der Waals surface area contributed by atoms with E-state index in [1.54, 1.807) is 34.9 Å². The molecule has 0 atom stereocenters. The van der Waals surface area contributed by atoms with Crippen LogP contribution in [0.3, 0.4) is 0 Å². The van der Waals surface area contributed by atoms with Crippen molar-refractivity contribution in [1.82, 2.24) is 4.90 Å². The summed E-state index contributed by atoms with van der Waals surface area (Å²) in [6.07, 6.45) is 1.94. The molecule has 0 aliphatic carbocycles. The lowest BCUT2D eigenvalue weighted by molar-refractivity contribution is 0.0769. The monoisotopic (exact) mass is 239 g/mol. The molecule has 1 N–H and O–H groups in total. The molecule has 1 rings (SSSR count). The Kier molecular flexibility index (Phi) is 4.68. The molecule has 0 saturated heterocycles. The largest absolute Gasteiger partial charge is 0.507 e. The minimum absolute atomic E-state index is 0.0506. The molecule has 1 aromatic rings. The van der Waals surface area contributed by atoms with E-state index in [1.165, 1.54) is 0 Å². The van der Waals surface area contributed by atoms with Crippen LogP contribution < -0.4 is 0 Å². The Labute approximate surface area is 100 Å². The highest BCUT2D eigenvalue weighted by atomic mass is 32.2. The van der Waals surface area contributed by atoms with E-state index in [0.29, 0.717) is 18.7 Å². The van der Waals surface area contributed by atoms with Gasteiger partial charge in [0.1, 0.15) is 5.75 Å². The van der Waals surface area contributed by atoms with Gasteiger partial charge in [0.05, 0.1) is 5.56 Å². The van der Waals surface area contributed by atoms with Gasteiger partial charge < -0.3 is 10.0 Å². The maximum absolute atomic E-state index is 12.1. The molecular weight excluding hydrogens is 222 g/mol. The van der Waals surface area contributed by atoms with Crippen LogP contribution in [-0.4, -0.2) is 35.3 Å². The summed E-state index contributed by atoms with van der Waals surface area (Å²) in [4.78, 5) is 14.7. The summed E-state index contributed by atoms with van der Waals surface area (Å²) in [6.45, 7) is 5.16. The van der Waals surface area contributed by atoms with Crippen LogP contribution in [0.1, 0.15) is 24.2 Å². The summed E-state index contributed by atoms with van der Waals surface area (Å²) in [5.41, 5.74) is 0.385. The molecule has 88 valence electrons. The van der Waals surface area contributed by atoms with E-state index in [9.17, 15) is 9.90 Å². The lowest BCUT2D eigenvalue weighted by Crippen LogP contribution is -2.30. The van der Waals surface area contributed by atoms with E-state index in [1.807, 2.05) is 20.1 Å². The van der Waals surface area contributed by atoms with Crippen molar-refractivity contribution in [2.24, 2.45) is 0 Å². The van der Waals surface area contributed by atoms with Crippen LogP contribution in [0.2, 0.25) is 0 Å². The van der Waals surface area contributed by atoms with Crippen molar-refractivity contribution in [3.05, 3.63) is 23.8 Å². The molecule has 4 heteroatoms. The fraction of sp³-hybridized carbons (Fsp3) is 0.417. The zero-order valence-electron chi connectivity index (χ0n) is 9.86. The second-order valence-electron chi connectivity index (χ2n) is 3.36. The number of rotatable bonds is 4. The van der Waals surface area contributed by atoms with Gasteiger partial charge >= 0.3 is 0 Å². The van der Waals surface area contributed by atoms with Crippen LogP contribution in [0, 0.1) is 0 Å². The molecule has 0 radical (unpaired) electrons. The predicted molar refractivity (Wildman–Crippen MR) is 67.1 cm³/mol. The van der Waals surface area contributed by atoms with Crippen molar-refractivity contribution >= 4 is 17.7 Å². The Morgan fingerprint density at radius 3 is 2.50 bits per heavy atom. The normalized spacial score (nSPS) is 10.2. The number of carbonyl (C=O) groups is 1. The summed E-state index contributed by atoms with van der Waals surface area (Å²) in [5, 5.41) is 9.68. The lowest BCUT2D eigenvalue weighted by atomic mass is 10.1. The van der Waals surface area contributed by atoms with Crippen LogP contribution in [0.5, 0.6) is 5.75 Å². The molecule has 0 aliphatic rings. The molecule has 1 amide bonds. The summed E-state index contributed by atoms with van der Waals surface area (Å²) in [6, 6.07) is 5.11. The SMILES string of the molecule is CCN(CC)C(=O)c1cc(SC)ccc1O. The number of thioether (sulfide) groups is 1. The fourth-order valence-electron chi connectivity index (χ4n) is 1.49. The smallest absolute Gasteiger partial charge is 0.257 e. The number of aromatic hydroxyl groups is 1. The molecule has 0 aliphatic heterocycles. The quantitative estimate of drug-likeness (QED) is 0.821. The first kappa shape index (κ1) is 12.9. The van der Waals surface area contributed by atoms with Crippen molar-refractivity contribution in [2.45, 2.75) is 18.7 Å². The number of phenols is 1. The molecule has 0 saturated carbocycles. The minimum Gasteiger partial charge on any atom is -0.507 e. The highest BCUT2D eigenvalue weighted by molar-refractivity contribution is 7.98. The maximum Gasteiger partial charge on any atom is 0.257 e. The fourth-order valence-corrected chi connectivity index (χ4v) is 1.93. The molecule has 16 heavy (non-hydrogen) atoms. The van der Waals surface area contributed by atoms with Gasteiger partial charge in [0.25, 0.3) is 5.91 Å². The van der Waals surface area contributed by atoms with E-state index in [0.717, 1.165) is 4.90 Å². The Balaban J connectivity index is 3.06. The number of nitrogens with zero attached hydrogens (tertiary/aromatic N) is 1. The van der Waals surface area contributed by atoms with Gasteiger partial charge in [0, 0.05) is 18.0 Å². The van der Waals surface area contributed by atoms with Crippen LogP contribution in [0.25, 0.3) is 0 Å². The second-order valence-corrected chi connectivity index (χ2v) is 4.24. The number of hydrogen-bond donors (Lipinski definition) is 1. The second kappa shape index (κ2) is 5.80. The number of phenolic OH excluding ortho intramolecular Hbond substituents is 1. The van der Waals surface area contributed by atoms with Gasteiger partial charge in [0.2, 0.25) is 0 Å². The van der Waals surface area contributed by atoms with Crippen molar-refractivity contribution < 1.29 is 9.90 Å². The number of carbonyl (C=O) groups excluding carboxylic acids is 1. The van der Waals surface area contributed by atoms with E-state index in [4.69, 9.17) is 0 Å². The van der Waals surface area contributed by atoms with Crippen LogP contribution >= 0.6 is 11.8 Å². The molecule has 0 unspecified atom stereocenters. The minimum atomic E-state index is -0.113. The Hall–Kier alpha value is -1.16. The Morgan fingerprint density at radius 2 is 2.00 bits per heavy atom. The average molecular weight is 239 g/mol. The highest BCUT2D eigenvalue weighted by Gasteiger charge is 2.16. The van der Waals surface area contributed by atoms with E-state index in [-0.39, 0.29) is 11.7 Å². The molecule has 1 aromatic carbocycles. The Bertz CT molecular complexity index is 375. The third-order valence-corrected chi connectivity index (χ3v) is 3.21. The molecule has 0 spiro atoms. The van der Waals surface area contributed by atoms with Crippen molar-refractivity contribution in [3.63, 3.8) is 0 Å². The summed E-state index contributed by atoms with van der Waals surface area (Å²) >= 11 is 1.55. The number of hydrogen-bond acceptors (Lipinski definition) is 3. The third kappa shape index (κ3) is 2.70. The zero-order chi connectivity index (χ0) is 12.1. The van der Waals surface area contributed by atoms with Crippen LogP contribution in [0.4, 0.5) is 0 Å². The third-order valence-electron chi connectivity index (χ3n) is 2.48. The van der Waals surface area contributed by atoms with E-state index >= 15 is 0 Å². The average Bonchev–Trinajstić information content (AvgIpc) is 2.31. The maximum atomic E-state index is 12.1. The molecular formula is C12H17NO2S. The van der Waals surface area contributed by atoms with Crippen molar-refractivity contribution in [1.29, 1.82) is 0 Å². The highest BCUT2D eigenvalue weighted by Crippen LogP contribution is 2.24. The van der Waals surface area contributed by atoms with Gasteiger partial charge in [-0.05, 0) is 38.3 Å². The van der Waals surface area contributed by atoms with Crippen molar-refractivity contribution in [2.75, 3.05) is 19.3 Å². The Morgan fingerprint density at radius 1 is 1.38 bits per heavy atom. The van der Waals surface area contributed by atoms with Crippen LogP contribution in [-0.2, 0) is 0 Å². The topological polar surface area (TPSA) is 40.5 Å². The molecule has 0 bridgehead atoms. The standard InChI is InChI=1S/C12H17NO2S/c1-4-13(5-2)12(15)10-8-9(16-3)6-7-11(10)14/h6-8,14H,4-5H2,1-3H3. The predicted octanol–water partition coefficient (Wildman–Crippen LogP) is 2.60. The van der Waals surface area contributed by atoms with Gasteiger partial charge in [0.15, 0.2) is 0 Å². The lowest BCUT2D eigenvalue weighted by Gasteiger charge is -2.19. The van der Waals surface area contributed by atoms with Gasteiger partial charge in [-0.25, -0.2) is 0 Å². The van der Waals surface area contributed by atoms with E-state index < -0.39 is 0 Å². The zero-order valence-corrected chi connectivity index (χ0v) is 10.7. The number of benzene rings is 1. The van der Waals surface area contributed by atoms with Crippen LogP contribution in [0.15, 0.2) is 23.1 Å². The first-order valence-electron chi connectivity index (χ1n) is 5.30. The molecule has 0 aromatic heterocycles. The summed E-state index contributed by atoms with van der Waals surface area (Å²) in [5.74, 6) is -0.0619. The summed E-state index contributed by atoms with van der Waals surface area (Å²) < 4.78 is 0. The van der Waals surface area contributed by atoms with Gasteiger partial charge in [-0.3, -0.25) is 4.79 Å². The summed E-state index contributed by atoms with van der Waals surface area (Å²) in [7, 11) is 0. The first-order valence-corrected chi connectivity index (χ1v) is 6.52. The van der Waals surface area contributed by atoms with Gasteiger partial charge in [-0.1, -0.05) is 0 Å². The number of amides is 1. The van der Waals surface area contributed by atoms with Crippen molar-refractivity contribution in [3.8, 4) is 5.75 Å². The molecule has 3 nitrogen and oxygen atoms in total. The van der Waals surface area contributed by atoms with Gasteiger partial charge in [-0.2, -0.15) is 0 Å². The first-order chi connectivity index (χ1) is 7.63. The molecule has 0 fully saturated rings. The van der Waals surface area contributed by atoms with Gasteiger partial charge in [-0.15, -0.1) is 11.8 Å². The van der Waals surface area contributed by atoms with E-state index in [2.05, 4.69) is 0 Å².